The van der Waals surface area contributed by atoms with Crippen molar-refractivity contribution < 1.29 is 9.59 Å². The minimum Gasteiger partial charge on any atom is -0.369 e. The molecule has 5 heteroatoms. The molecule has 2 N–H and O–H groups in total. The SMILES string of the molecule is NC(=O)CN1CC(=O)N(c2cccc(-c3ccccc3)c2)C[C@H]1Cc1ccccc1. The zero-order valence-corrected chi connectivity index (χ0v) is 16.8. The number of rotatable bonds is 6. The van der Waals surface area contributed by atoms with Crippen molar-refractivity contribution >= 4 is 17.5 Å². The predicted molar refractivity (Wildman–Crippen MR) is 119 cm³/mol. The van der Waals surface area contributed by atoms with Crippen molar-refractivity contribution in [2.75, 3.05) is 24.5 Å². The molecular formula is C25H25N3O2. The Hall–Kier alpha value is -3.44. The largest absolute Gasteiger partial charge is 0.369 e. The molecule has 5 nitrogen and oxygen atoms in total. The molecule has 1 atom stereocenters. The number of primary amides is 1. The normalized spacial score (nSPS) is 17.1. The number of amides is 2. The monoisotopic (exact) mass is 399 g/mol. The zero-order valence-electron chi connectivity index (χ0n) is 16.8. The van der Waals surface area contributed by atoms with Crippen LogP contribution in [0.25, 0.3) is 11.1 Å². The average molecular weight is 399 g/mol. The third kappa shape index (κ3) is 4.58. The summed E-state index contributed by atoms with van der Waals surface area (Å²) >= 11 is 0. The van der Waals surface area contributed by atoms with Crippen molar-refractivity contribution in [2.24, 2.45) is 5.73 Å². The first-order chi connectivity index (χ1) is 14.6. The van der Waals surface area contributed by atoms with Crippen molar-refractivity contribution in [1.29, 1.82) is 0 Å². The van der Waals surface area contributed by atoms with Crippen LogP contribution in [-0.4, -0.2) is 42.4 Å². The third-order valence-electron chi connectivity index (χ3n) is 5.49. The van der Waals surface area contributed by atoms with Crippen LogP contribution in [0, 0.1) is 0 Å². The minimum atomic E-state index is -0.416. The van der Waals surface area contributed by atoms with E-state index in [1.54, 1.807) is 0 Å². The second kappa shape index (κ2) is 8.93. The number of anilines is 1. The molecule has 152 valence electrons. The van der Waals surface area contributed by atoms with Gasteiger partial charge < -0.3 is 10.6 Å². The van der Waals surface area contributed by atoms with E-state index in [-0.39, 0.29) is 25.0 Å². The number of hydrogen-bond acceptors (Lipinski definition) is 3. The van der Waals surface area contributed by atoms with E-state index < -0.39 is 5.91 Å². The van der Waals surface area contributed by atoms with Gasteiger partial charge in [0.2, 0.25) is 11.8 Å². The Kier molecular flexibility index (Phi) is 5.91. The van der Waals surface area contributed by atoms with E-state index in [4.69, 9.17) is 5.73 Å². The maximum absolute atomic E-state index is 13.0. The van der Waals surface area contributed by atoms with E-state index in [9.17, 15) is 9.59 Å². The summed E-state index contributed by atoms with van der Waals surface area (Å²) in [5, 5.41) is 0. The molecule has 0 unspecified atom stereocenters. The maximum Gasteiger partial charge on any atom is 0.241 e. The number of hydrogen-bond donors (Lipinski definition) is 1. The minimum absolute atomic E-state index is 0.0120. The lowest BCUT2D eigenvalue weighted by molar-refractivity contribution is -0.125. The first-order valence-electron chi connectivity index (χ1n) is 10.1. The highest BCUT2D eigenvalue weighted by molar-refractivity contribution is 5.96. The van der Waals surface area contributed by atoms with E-state index in [2.05, 4.69) is 30.3 Å². The summed E-state index contributed by atoms with van der Waals surface area (Å²) in [5.74, 6) is -0.439. The Labute approximate surface area is 176 Å². The van der Waals surface area contributed by atoms with Crippen molar-refractivity contribution in [2.45, 2.75) is 12.5 Å². The quantitative estimate of drug-likeness (QED) is 0.693. The maximum atomic E-state index is 13.0. The molecule has 0 bridgehead atoms. The van der Waals surface area contributed by atoms with Gasteiger partial charge in [0.15, 0.2) is 0 Å². The van der Waals surface area contributed by atoms with Gasteiger partial charge in [0, 0.05) is 18.3 Å². The van der Waals surface area contributed by atoms with Crippen molar-refractivity contribution in [3.63, 3.8) is 0 Å². The van der Waals surface area contributed by atoms with Crippen LogP contribution in [0.5, 0.6) is 0 Å². The molecular weight excluding hydrogens is 374 g/mol. The van der Waals surface area contributed by atoms with E-state index >= 15 is 0 Å². The van der Waals surface area contributed by atoms with Crippen LogP contribution in [0.3, 0.4) is 0 Å². The zero-order chi connectivity index (χ0) is 20.9. The predicted octanol–water partition coefficient (Wildman–Crippen LogP) is 3.10. The molecule has 30 heavy (non-hydrogen) atoms. The summed E-state index contributed by atoms with van der Waals surface area (Å²) in [6, 6.07) is 28.3. The van der Waals surface area contributed by atoms with Crippen LogP contribution in [-0.2, 0) is 16.0 Å². The molecule has 1 aliphatic rings. The summed E-state index contributed by atoms with van der Waals surface area (Å²) in [6.45, 7) is 0.774. The first-order valence-corrected chi connectivity index (χ1v) is 10.1. The molecule has 0 aliphatic carbocycles. The van der Waals surface area contributed by atoms with Crippen LogP contribution in [0.2, 0.25) is 0 Å². The fraction of sp³-hybridized carbons (Fsp3) is 0.200. The van der Waals surface area contributed by atoms with Crippen molar-refractivity contribution in [3.8, 4) is 11.1 Å². The van der Waals surface area contributed by atoms with Gasteiger partial charge in [-0.2, -0.15) is 0 Å². The van der Waals surface area contributed by atoms with Gasteiger partial charge in [0.25, 0.3) is 0 Å². The standard InChI is InChI=1S/C25H25N3O2/c26-24(29)17-27-18-25(30)28(16-23(27)14-19-8-3-1-4-9-19)22-13-7-12-21(15-22)20-10-5-2-6-11-20/h1-13,15,23H,14,16-18H2,(H2,26,29)/t23-/m1/s1. The third-order valence-corrected chi connectivity index (χ3v) is 5.49. The Morgan fingerprint density at radius 1 is 0.900 bits per heavy atom. The fourth-order valence-electron chi connectivity index (χ4n) is 4.01. The Morgan fingerprint density at radius 2 is 1.57 bits per heavy atom. The molecule has 1 fully saturated rings. The fourth-order valence-corrected chi connectivity index (χ4v) is 4.01. The molecule has 1 saturated heterocycles. The number of benzene rings is 3. The lowest BCUT2D eigenvalue weighted by Crippen LogP contribution is -2.58. The smallest absolute Gasteiger partial charge is 0.241 e. The number of nitrogens with zero attached hydrogens (tertiary/aromatic N) is 2. The van der Waals surface area contributed by atoms with Crippen LogP contribution in [0.4, 0.5) is 5.69 Å². The van der Waals surface area contributed by atoms with Crippen LogP contribution in [0.15, 0.2) is 84.9 Å². The van der Waals surface area contributed by atoms with E-state index in [1.165, 1.54) is 5.56 Å². The van der Waals surface area contributed by atoms with Gasteiger partial charge in [-0.25, -0.2) is 0 Å². The highest BCUT2D eigenvalue weighted by atomic mass is 16.2. The molecule has 0 spiro atoms. The van der Waals surface area contributed by atoms with Gasteiger partial charge in [-0.05, 0) is 35.2 Å². The second-order valence-electron chi connectivity index (χ2n) is 7.64. The van der Waals surface area contributed by atoms with Crippen molar-refractivity contribution in [3.05, 3.63) is 90.5 Å². The Morgan fingerprint density at radius 3 is 2.27 bits per heavy atom. The van der Waals surface area contributed by atoms with Crippen LogP contribution >= 0.6 is 0 Å². The van der Waals surface area contributed by atoms with Crippen LogP contribution in [0.1, 0.15) is 5.56 Å². The topological polar surface area (TPSA) is 66.6 Å². The van der Waals surface area contributed by atoms with Gasteiger partial charge in [-0.1, -0.05) is 72.8 Å². The number of piperazine rings is 1. The molecule has 0 saturated carbocycles. The number of nitrogens with two attached hydrogens (primary N) is 1. The van der Waals surface area contributed by atoms with Crippen molar-refractivity contribution in [1.82, 2.24) is 4.90 Å². The van der Waals surface area contributed by atoms with E-state index in [1.807, 2.05) is 64.4 Å². The van der Waals surface area contributed by atoms with Gasteiger partial charge in [0.1, 0.15) is 0 Å². The molecule has 4 rings (SSSR count). The first kappa shape index (κ1) is 19.9. The second-order valence-corrected chi connectivity index (χ2v) is 7.64. The summed E-state index contributed by atoms with van der Waals surface area (Å²) in [5.41, 5.74) is 9.67. The van der Waals surface area contributed by atoms with Gasteiger partial charge in [-0.15, -0.1) is 0 Å². The lowest BCUT2D eigenvalue weighted by Gasteiger charge is -2.40. The van der Waals surface area contributed by atoms with Gasteiger partial charge >= 0.3 is 0 Å². The summed E-state index contributed by atoms with van der Waals surface area (Å²) < 4.78 is 0. The number of carbonyl (C=O) groups is 2. The van der Waals surface area contributed by atoms with Gasteiger partial charge in [-0.3, -0.25) is 14.5 Å². The molecule has 0 radical (unpaired) electrons. The van der Waals surface area contributed by atoms with Crippen LogP contribution < -0.4 is 10.6 Å². The average Bonchev–Trinajstić information content (AvgIpc) is 2.76. The number of carbonyl (C=O) groups excluding carboxylic acids is 2. The highest BCUT2D eigenvalue weighted by Crippen LogP contribution is 2.27. The van der Waals surface area contributed by atoms with E-state index in [0.717, 1.165) is 23.2 Å². The molecule has 1 aliphatic heterocycles. The molecule has 3 aromatic carbocycles. The Bertz CT molecular complexity index is 1020. The van der Waals surface area contributed by atoms with Gasteiger partial charge in [0.05, 0.1) is 13.1 Å². The Balaban J connectivity index is 1.61. The summed E-state index contributed by atoms with van der Waals surface area (Å²) in [4.78, 5) is 28.3. The highest BCUT2D eigenvalue weighted by Gasteiger charge is 2.33. The lowest BCUT2D eigenvalue weighted by atomic mass is 10.00. The molecule has 2 amide bonds. The molecule has 1 heterocycles. The molecule has 3 aromatic rings. The summed E-state index contributed by atoms with van der Waals surface area (Å²) in [7, 11) is 0. The molecule has 0 aromatic heterocycles. The summed E-state index contributed by atoms with van der Waals surface area (Å²) in [6.07, 6.45) is 0.746. The van der Waals surface area contributed by atoms with E-state index in [0.29, 0.717) is 6.54 Å².